The monoisotopic (exact) mass is 279 g/mol. The second-order valence-corrected chi connectivity index (χ2v) is 6.43. The van der Waals surface area contributed by atoms with E-state index < -0.39 is 26.1 Å². The molecule has 0 amide bonds. The van der Waals surface area contributed by atoms with E-state index in [2.05, 4.69) is 0 Å². The first-order chi connectivity index (χ1) is 7.79. The van der Waals surface area contributed by atoms with Gasteiger partial charge < -0.3 is 4.74 Å². The molecule has 0 fully saturated rings. The number of carbonyl (C=O) groups excluding carboxylic acids is 1. The van der Waals surface area contributed by atoms with Gasteiger partial charge in [-0.15, -0.1) is 0 Å². The molecule has 2 atom stereocenters. The van der Waals surface area contributed by atoms with Crippen molar-refractivity contribution in [2.75, 3.05) is 21.2 Å². The van der Waals surface area contributed by atoms with Gasteiger partial charge in [-0.1, -0.05) is 18.2 Å². The summed E-state index contributed by atoms with van der Waals surface area (Å²) in [6.45, 7) is 0. The van der Waals surface area contributed by atoms with Crippen LogP contribution in [0.25, 0.3) is 0 Å². The molecule has 0 aromatic rings. The summed E-state index contributed by atoms with van der Waals surface area (Å²) in [5.74, 6) is -1.06. The minimum absolute atomic E-state index is 0.780. The van der Waals surface area contributed by atoms with Crippen LogP contribution in [0.1, 0.15) is 0 Å². The normalized spacial score (nSPS) is 28.6. The lowest BCUT2D eigenvalue weighted by atomic mass is 9.98. The standard InChI is InChI=1S/C10H14ClNO4S/c1-12(2)17(14,15)10(16-3)7-5-4-6-8(10)9(11)13/h4-8H,1-3H3. The van der Waals surface area contributed by atoms with Gasteiger partial charge in [0, 0.05) is 21.2 Å². The number of allylic oxidation sites excluding steroid dienone is 2. The highest BCUT2D eigenvalue weighted by Gasteiger charge is 2.52. The van der Waals surface area contributed by atoms with Gasteiger partial charge in [-0.25, -0.2) is 12.7 Å². The van der Waals surface area contributed by atoms with Gasteiger partial charge in [0.2, 0.25) is 20.2 Å². The Morgan fingerprint density at radius 1 is 1.41 bits per heavy atom. The SMILES string of the molecule is COC1(S(=O)(=O)N(C)C)C=CC=CC1C(=O)Cl. The van der Waals surface area contributed by atoms with Crippen molar-refractivity contribution in [2.45, 2.75) is 4.93 Å². The summed E-state index contributed by atoms with van der Waals surface area (Å²) in [7, 11) is 0.142. The molecule has 96 valence electrons. The predicted octanol–water partition coefficient (Wildman–Crippen LogP) is 0.728. The first-order valence-electron chi connectivity index (χ1n) is 4.82. The summed E-state index contributed by atoms with van der Waals surface area (Å²) in [6, 6.07) is 0. The average Bonchev–Trinajstić information content (AvgIpc) is 2.28. The van der Waals surface area contributed by atoms with Crippen LogP contribution in [-0.4, -0.2) is 44.1 Å². The van der Waals surface area contributed by atoms with Gasteiger partial charge in [0.05, 0.1) is 0 Å². The van der Waals surface area contributed by atoms with Crippen LogP contribution in [0.5, 0.6) is 0 Å². The molecule has 1 aliphatic rings. The van der Waals surface area contributed by atoms with Gasteiger partial charge in [-0.05, 0) is 17.7 Å². The number of rotatable bonds is 4. The van der Waals surface area contributed by atoms with Crippen LogP contribution in [0.15, 0.2) is 24.3 Å². The van der Waals surface area contributed by atoms with E-state index in [1.165, 1.54) is 39.4 Å². The van der Waals surface area contributed by atoms with E-state index in [9.17, 15) is 13.2 Å². The summed E-state index contributed by atoms with van der Waals surface area (Å²) in [5.41, 5.74) is 0. The number of methoxy groups -OCH3 is 1. The Balaban J connectivity index is 3.42. The van der Waals surface area contributed by atoms with Gasteiger partial charge in [-0.3, -0.25) is 4.79 Å². The minimum atomic E-state index is -3.84. The van der Waals surface area contributed by atoms with Crippen LogP contribution >= 0.6 is 11.6 Å². The van der Waals surface area contributed by atoms with Crippen LogP contribution in [-0.2, 0) is 19.6 Å². The zero-order chi connectivity index (χ0) is 13.3. The number of halogens is 1. The molecular weight excluding hydrogens is 266 g/mol. The van der Waals surface area contributed by atoms with Crippen LogP contribution in [0, 0.1) is 5.92 Å². The molecule has 1 aliphatic carbocycles. The van der Waals surface area contributed by atoms with Crippen LogP contribution < -0.4 is 0 Å². The summed E-state index contributed by atoms with van der Waals surface area (Å²) in [4.78, 5) is 9.59. The number of nitrogens with zero attached hydrogens (tertiary/aromatic N) is 1. The Kier molecular flexibility index (Phi) is 4.14. The number of ether oxygens (including phenoxy) is 1. The van der Waals surface area contributed by atoms with Crippen molar-refractivity contribution >= 4 is 26.9 Å². The van der Waals surface area contributed by atoms with E-state index in [4.69, 9.17) is 16.3 Å². The Morgan fingerprint density at radius 3 is 2.41 bits per heavy atom. The topological polar surface area (TPSA) is 63.7 Å². The Bertz CT molecular complexity index is 469. The predicted molar refractivity (Wildman–Crippen MR) is 65.0 cm³/mol. The molecule has 0 aromatic heterocycles. The van der Waals surface area contributed by atoms with E-state index in [1.807, 2.05) is 0 Å². The summed E-state index contributed by atoms with van der Waals surface area (Å²) in [6.07, 6.45) is 5.82. The molecule has 7 heteroatoms. The molecule has 0 aliphatic heterocycles. The molecule has 0 N–H and O–H groups in total. The highest BCUT2D eigenvalue weighted by Crippen LogP contribution is 2.36. The highest BCUT2D eigenvalue weighted by atomic mass is 35.5. The molecule has 0 radical (unpaired) electrons. The fourth-order valence-corrected chi connectivity index (χ4v) is 3.51. The molecular formula is C10H14ClNO4S. The molecule has 0 saturated heterocycles. The van der Waals surface area contributed by atoms with E-state index in [-0.39, 0.29) is 0 Å². The second-order valence-electron chi connectivity index (χ2n) is 3.74. The lowest BCUT2D eigenvalue weighted by Crippen LogP contribution is -2.52. The Labute approximate surface area is 106 Å². The smallest absolute Gasteiger partial charge is 0.248 e. The third-order valence-corrected chi connectivity index (χ3v) is 5.18. The van der Waals surface area contributed by atoms with Crippen LogP contribution in [0.2, 0.25) is 0 Å². The van der Waals surface area contributed by atoms with E-state index >= 15 is 0 Å². The summed E-state index contributed by atoms with van der Waals surface area (Å²) < 4.78 is 30.6. The molecule has 2 unspecified atom stereocenters. The van der Waals surface area contributed by atoms with Crippen molar-refractivity contribution in [1.29, 1.82) is 0 Å². The third kappa shape index (κ3) is 2.18. The number of hydrogen-bond acceptors (Lipinski definition) is 4. The largest absolute Gasteiger partial charge is 0.357 e. The van der Waals surface area contributed by atoms with Gasteiger partial charge in [0.1, 0.15) is 5.92 Å². The molecule has 0 spiro atoms. The quantitative estimate of drug-likeness (QED) is 0.712. The fraction of sp³-hybridized carbons (Fsp3) is 0.500. The van der Waals surface area contributed by atoms with Crippen molar-refractivity contribution in [3.05, 3.63) is 24.3 Å². The Hall–Kier alpha value is -0.690. The summed E-state index contributed by atoms with van der Waals surface area (Å²) >= 11 is 5.44. The molecule has 0 bridgehead atoms. The van der Waals surface area contributed by atoms with E-state index in [0.717, 1.165) is 4.31 Å². The van der Waals surface area contributed by atoms with Crippen molar-refractivity contribution in [3.8, 4) is 0 Å². The number of sulfonamides is 1. The van der Waals surface area contributed by atoms with Gasteiger partial charge in [0.15, 0.2) is 0 Å². The maximum Gasteiger partial charge on any atom is 0.248 e. The van der Waals surface area contributed by atoms with Crippen molar-refractivity contribution in [1.82, 2.24) is 4.31 Å². The van der Waals surface area contributed by atoms with Gasteiger partial charge in [-0.2, -0.15) is 0 Å². The first-order valence-corrected chi connectivity index (χ1v) is 6.64. The van der Waals surface area contributed by atoms with Crippen LogP contribution in [0.3, 0.4) is 0 Å². The maximum atomic E-state index is 12.3. The second kappa shape index (κ2) is 4.89. The first kappa shape index (κ1) is 14.4. The average molecular weight is 280 g/mol. The zero-order valence-electron chi connectivity index (χ0n) is 9.75. The lowest BCUT2D eigenvalue weighted by molar-refractivity contribution is -0.117. The maximum absolute atomic E-state index is 12.3. The van der Waals surface area contributed by atoms with Gasteiger partial charge in [0.25, 0.3) is 0 Å². The Morgan fingerprint density at radius 2 is 2.00 bits per heavy atom. The number of hydrogen-bond donors (Lipinski definition) is 0. The molecule has 1 rings (SSSR count). The van der Waals surface area contributed by atoms with Crippen molar-refractivity contribution < 1.29 is 17.9 Å². The molecule has 0 heterocycles. The van der Waals surface area contributed by atoms with E-state index in [0.29, 0.717) is 0 Å². The molecule has 0 aromatic carbocycles. The highest BCUT2D eigenvalue weighted by molar-refractivity contribution is 7.90. The number of carbonyl (C=O) groups is 1. The van der Waals surface area contributed by atoms with Crippen molar-refractivity contribution in [3.63, 3.8) is 0 Å². The molecule has 17 heavy (non-hydrogen) atoms. The fourth-order valence-electron chi connectivity index (χ4n) is 1.67. The lowest BCUT2D eigenvalue weighted by Gasteiger charge is -2.36. The van der Waals surface area contributed by atoms with E-state index in [1.54, 1.807) is 6.08 Å². The van der Waals surface area contributed by atoms with Crippen LogP contribution in [0.4, 0.5) is 0 Å². The third-order valence-electron chi connectivity index (χ3n) is 2.62. The summed E-state index contributed by atoms with van der Waals surface area (Å²) in [5, 5.41) is -0.780. The minimum Gasteiger partial charge on any atom is -0.357 e. The molecule has 5 nitrogen and oxygen atoms in total. The van der Waals surface area contributed by atoms with Crippen molar-refractivity contribution in [2.24, 2.45) is 5.92 Å². The van der Waals surface area contributed by atoms with Gasteiger partial charge >= 0.3 is 0 Å². The zero-order valence-corrected chi connectivity index (χ0v) is 11.3. The molecule has 0 saturated carbocycles.